The van der Waals surface area contributed by atoms with E-state index in [2.05, 4.69) is 15.0 Å². The van der Waals surface area contributed by atoms with Crippen LogP contribution in [0.15, 0.2) is 12.4 Å². The Balaban J connectivity index is 2.08. The number of nitrogens with zero attached hydrogens (tertiary/aromatic N) is 3. The molecule has 3 heterocycles. The summed E-state index contributed by atoms with van der Waals surface area (Å²) >= 11 is 0. The number of ether oxygens (including phenoxy) is 1. The number of H-pyrrole nitrogens is 1. The second-order valence-electron chi connectivity index (χ2n) is 3.77. The van der Waals surface area contributed by atoms with E-state index in [1.54, 1.807) is 12.4 Å². The molecule has 1 aliphatic rings. The van der Waals surface area contributed by atoms with E-state index in [1.807, 2.05) is 4.57 Å². The van der Waals surface area contributed by atoms with Gasteiger partial charge in [0, 0.05) is 18.9 Å². The van der Waals surface area contributed by atoms with Crippen molar-refractivity contribution in [3.05, 3.63) is 12.4 Å². The van der Waals surface area contributed by atoms with Gasteiger partial charge in [0.15, 0.2) is 11.5 Å². The Morgan fingerprint density at radius 1 is 1.44 bits per heavy atom. The quantitative estimate of drug-likeness (QED) is 0.750. The first-order valence-electron chi connectivity index (χ1n) is 5.35. The minimum Gasteiger partial charge on any atom is -0.465 e. The molecule has 0 saturated carbocycles. The van der Waals surface area contributed by atoms with Crippen LogP contribution in [0.25, 0.3) is 11.5 Å². The number of hydrogen-bond acceptors (Lipinski definition) is 4. The fourth-order valence-corrected chi connectivity index (χ4v) is 1.87. The number of nitrogens with one attached hydrogen (secondary N) is 1. The summed E-state index contributed by atoms with van der Waals surface area (Å²) in [5.74, 6) is 1.30. The molecule has 0 amide bonds. The maximum Gasteiger partial charge on any atom is 0.298 e. The van der Waals surface area contributed by atoms with Gasteiger partial charge < -0.3 is 15.5 Å². The van der Waals surface area contributed by atoms with E-state index >= 15 is 0 Å². The fourth-order valence-electron chi connectivity index (χ4n) is 1.87. The molecule has 0 fully saturated rings. The van der Waals surface area contributed by atoms with Gasteiger partial charge in [-0.25, -0.2) is 4.98 Å². The number of anilines is 1. The van der Waals surface area contributed by atoms with Gasteiger partial charge >= 0.3 is 0 Å². The average molecular weight is 219 g/mol. The molecular weight excluding hydrogens is 206 g/mol. The molecule has 3 N–H and O–H groups in total. The van der Waals surface area contributed by atoms with E-state index < -0.39 is 0 Å². The molecular formula is C10H13N5O. The zero-order chi connectivity index (χ0) is 11.0. The van der Waals surface area contributed by atoms with Crippen LogP contribution in [-0.4, -0.2) is 26.1 Å². The van der Waals surface area contributed by atoms with E-state index in [-0.39, 0.29) is 0 Å². The number of aromatic nitrogens is 4. The van der Waals surface area contributed by atoms with Gasteiger partial charge in [-0.3, -0.25) is 4.57 Å². The second-order valence-corrected chi connectivity index (χ2v) is 3.77. The van der Waals surface area contributed by atoms with Crippen LogP contribution in [0.2, 0.25) is 0 Å². The van der Waals surface area contributed by atoms with Crippen molar-refractivity contribution < 1.29 is 4.74 Å². The number of fused-ring (bicyclic) bond motifs is 1. The Labute approximate surface area is 92.5 Å². The van der Waals surface area contributed by atoms with Crippen LogP contribution in [0, 0.1) is 0 Å². The summed E-state index contributed by atoms with van der Waals surface area (Å²) in [6.07, 6.45) is 5.53. The van der Waals surface area contributed by atoms with Crippen LogP contribution in [0.5, 0.6) is 6.01 Å². The molecule has 0 atom stereocenters. The standard InChI is InChI=1S/C10H13N5O/c11-8-7(9-12-3-4-13-9)14-10-15(8)5-1-2-6-16-10/h3-4H,1-2,5-6,11H2,(H,12,13). The Bertz CT molecular complexity index is 488. The molecule has 0 spiro atoms. The maximum atomic E-state index is 6.05. The van der Waals surface area contributed by atoms with Gasteiger partial charge in [-0.05, 0) is 12.8 Å². The third kappa shape index (κ3) is 1.34. The van der Waals surface area contributed by atoms with E-state index in [1.165, 1.54) is 0 Å². The minimum atomic E-state index is 0.599. The van der Waals surface area contributed by atoms with Gasteiger partial charge in [0.2, 0.25) is 0 Å². The van der Waals surface area contributed by atoms with Gasteiger partial charge in [0.05, 0.1) is 6.61 Å². The largest absolute Gasteiger partial charge is 0.465 e. The van der Waals surface area contributed by atoms with E-state index in [4.69, 9.17) is 10.5 Å². The Morgan fingerprint density at radius 3 is 3.19 bits per heavy atom. The van der Waals surface area contributed by atoms with Gasteiger partial charge in [-0.2, -0.15) is 4.98 Å². The first kappa shape index (κ1) is 9.26. The molecule has 0 unspecified atom stereocenters. The smallest absolute Gasteiger partial charge is 0.298 e. The zero-order valence-electron chi connectivity index (χ0n) is 8.81. The van der Waals surface area contributed by atoms with Crippen molar-refractivity contribution in [1.29, 1.82) is 0 Å². The Kier molecular flexibility index (Phi) is 2.05. The summed E-state index contributed by atoms with van der Waals surface area (Å²) in [6, 6.07) is 0.599. The number of rotatable bonds is 1. The van der Waals surface area contributed by atoms with Gasteiger partial charge in [0.25, 0.3) is 6.01 Å². The summed E-state index contributed by atoms with van der Waals surface area (Å²) in [6.45, 7) is 1.56. The summed E-state index contributed by atoms with van der Waals surface area (Å²) in [5, 5.41) is 0. The second kappa shape index (κ2) is 3.55. The molecule has 0 saturated heterocycles. The molecule has 1 aliphatic heterocycles. The molecule has 0 radical (unpaired) electrons. The molecule has 3 rings (SSSR count). The Hall–Kier alpha value is -1.98. The highest BCUT2D eigenvalue weighted by Crippen LogP contribution is 2.29. The van der Waals surface area contributed by atoms with Gasteiger partial charge in [-0.1, -0.05) is 0 Å². The molecule has 6 heteroatoms. The van der Waals surface area contributed by atoms with Crippen LogP contribution in [0.3, 0.4) is 0 Å². The number of aromatic amines is 1. The lowest BCUT2D eigenvalue weighted by atomic mass is 10.3. The zero-order valence-corrected chi connectivity index (χ0v) is 8.81. The van der Waals surface area contributed by atoms with Crippen molar-refractivity contribution in [2.45, 2.75) is 19.4 Å². The predicted octanol–water partition coefficient (Wildman–Crippen LogP) is 1.03. The number of hydrogen-bond donors (Lipinski definition) is 2. The monoisotopic (exact) mass is 219 g/mol. The predicted molar refractivity (Wildman–Crippen MR) is 59.0 cm³/mol. The lowest BCUT2D eigenvalue weighted by Gasteiger charge is -2.03. The minimum absolute atomic E-state index is 0.599. The number of nitrogens with two attached hydrogens (primary N) is 1. The lowest BCUT2D eigenvalue weighted by molar-refractivity contribution is 0.295. The van der Waals surface area contributed by atoms with Gasteiger partial charge in [-0.15, -0.1) is 0 Å². The normalized spacial score (nSPS) is 15.2. The van der Waals surface area contributed by atoms with Crippen LogP contribution in [-0.2, 0) is 6.54 Å². The summed E-state index contributed by atoms with van der Waals surface area (Å²) < 4.78 is 7.45. The van der Waals surface area contributed by atoms with Crippen molar-refractivity contribution in [3.63, 3.8) is 0 Å². The molecule has 2 aromatic heterocycles. The highest BCUT2D eigenvalue weighted by atomic mass is 16.5. The van der Waals surface area contributed by atoms with Crippen molar-refractivity contribution in [2.75, 3.05) is 12.3 Å². The fraction of sp³-hybridized carbons (Fsp3) is 0.400. The van der Waals surface area contributed by atoms with E-state index in [0.717, 1.165) is 19.4 Å². The molecule has 0 aliphatic carbocycles. The van der Waals surface area contributed by atoms with Crippen molar-refractivity contribution >= 4 is 5.82 Å². The molecule has 2 aromatic rings. The van der Waals surface area contributed by atoms with E-state index in [0.29, 0.717) is 30.0 Å². The first-order valence-corrected chi connectivity index (χ1v) is 5.35. The number of nitrogen functional groups attached to an aromatic ring is 1. The highest BCUT2D eigenvalue weighted by Gasteiger charge is 2.20. The molecule has 0 bridgehead atoms. The summed E-state index contributed by atoms with van der Waals surface area (Å²) in [5.41, 5.74) is 6.71. The van der Waals surface area contributed by atoms with Crippen LogP contribution >= 0.6 is 0 Å². The van der Waals surface area contributed by atoms with Crippen LogP contribution in [0.1, 0.15) is 12.8 Å². The molecule has 16 heavy (non-hydrogen) atoms. The summed E-state index contributed by atoms with van der Waals surface area (Å²) in [4.78, 5) is 11.5. The lowest BCUT2D eigenvalue weighted by Crippen LogP contribution is -2.03. The molecule has 84 valence electrons. The maximum absolute atomic E-state index is 6.05. The third-order valence-electron chi connectivity index (χ3n) is 2.70. The van der Waals surface area contributed by atoms with Crippen LogP contribution < -0.4 is 10.5 Å². The SMILES string of the molecule is Nc1c(-c2ncc[nH]2)nc2n1CCCCO2. The first-order chi connectivity index (χ1) is 7.86. The summed E-state index contributed by atoms with van der Waals surface area (Å²) in [7, 11) is 0. The van der Waals surface area contributed by atoms with Crippen molar-refractivity contribution in [2.24, 2.45) is 0 Å². The molecule has 6 nitrogen and oxygen atoms in total. The van der Waals surface area contributed by atoms with E-state index in [9.17, 15) is 0 Å². The average Bonchev–Trinajstić information content (AvgIpc) is 2.83. The van der Waals surface area contributed by atoms with Crippen molar-refractivity contribution in [3.8, 4) is 17.5 Å². The Morgan fingerprint density at radius 2 is 2.38 bits per heavy atom. The highest BCUT2D eigenvalue weighted by molar-refractivity contribution is 5.65. The third-order valence-corrected chi connectivity index (χ3v) is 2.70. The molecule has 0 aromatic carbocycles. The topological polar surface area (TPSA) is 81.8 Å². The van der Waals surface area contributed by atoms with Gasteiger partial charge in [0.1, 0.15) is 5.82 Å². The van der Waals surface area contributed by atoms with Crippen LogP contribution in [0.4, 0.5) is 5.82 Å². The number of imidazole rings is 2. The van der Waals surface area contributed by atoms with Crippen molar-refractivity contribution in [1.82, 2.24) is 19.5 Å².